The van der Waals surface area contributed by atoms with Crippen LogP contribution in [0.15, 0.2) is 36.4 Å². The number of rotatable bonds is 4. The highest BCUT2D eigenvalue weighted by atomic mass is 32.2. The third-order valence-electron chi connectivity index (χ3n) is 2.70. The van der Waals surface area contributed by atoms with Crippen LogP contribution in [0.3, 0.4) is 0 Å². The minimum atomic E-state index is 1.10. The van der Waals surface area contributed by atoms with Gasteiger partial charge in [0.05, 0.1) is 0 Å². The van der Waals surface area contributed by atoms with E-state index in [-0.39, 0.29) is 0 Å². The summed E-state index contributed by atoms with van der Waals surface area (Å²) >= 11 is 3.77. The normalized spacial score (nSPS) is 10.9. The highest BCUT2D eigenvalue weighted by Crippen LogP contribution is 2.27. The summed E-state index contributed by atoms with van der Waals surface area (Å²) in [5, 5.41) is 2.84. The Morgan fingerprint density at radius 3 is 1.56 bits per heavy atom. The Hall–Kier alpha value is -0.600. The average molecular weight is 248 g/mol. The van der Waals surface area contributed by atoms with Gasteiger partial charge in [-0.25, -0.2) is 0 Å². The molecule has 2 aromatic carbocycles. The van der Waals surface area contributed by atoms with E-state index in [4.69, 9.17) is 0 Å². The molecule has 2 rings (SSSR count). The van der Waals surface area contributed by atoms with Gasteiger partial charge in [-0.1, -0.05) is 36.4 Å². The molecule has 0 aromatic heterocycles. The van der Waals surface area contributed by atoms with Crippen LogP contribution >= 0.6 is 23.5 Å². The number of benzene rings is 2. The van der Waals surface area contributed by atoms with Crippen molar-refractivity contribution in [3.8, 4) is 0 Å². The molecule has 0 aliphatic rings. The summed E-state index contributed by atoms with van der Waals surface area (Å²) in [4.78, 5) is 0. The minimum Gasteiger partial charge on any atom is -0.161 e. The second kappa shape index (κ2) is 5.65. The van der Waals surface area contributed by atoms with E-state index in [0.717, 1.165) is 11.5 Å². The van der Waals surface area contributed by atoms with Crippen LogP contribution in [0.5, 0.6) is 0 Å². The molecular formula is C14H16S2. The van der Waals surface area contributed by atoms with Gasteiger partial charge in [-0.15, -0.1) is 0 Å². The number of thioether (sulfide) groups is 2. The lowest BCUT2D eigenvalue weighted by Crippen LogP contribution is -1.89. The fourth-order valence-electron chi connectivity index (χ4n) is 1.99. The van der Waals surface area contributed by atoms with Crippen LogP contribution < -0.4 is 0 Å². The summed E-state index contributed by atoms with van der Waals surface area (Å²) in [6.07, 6.45) is 4.31. The first kappa shape index (κ1) is 11.9. The number of hydrogen-bond acceptors (Lipinski definition) is 2. The van der Waals surface area contributed by atoms with Gasteiger partial charge in [-0.05, 0) is 34.4 Å². The first-order valence-corrected chi connectivity index (χ1v) is 8.13. The molecule has 0 saturated carbocycles. The molecule has 0 amide bonds. The van der Waals surface area contributed by atoms with Gasteiger partial charge in [0.2, 0.25) is 0 Å². The van der Waals surface area contributed by atoms with E-state index >= 15 is 0 Å². The molecule has 0 aliphatic carbocycles. The zero-order valence-electron chi connectivity index (χ0n) is 9.69. The third kappa shape index (κ3) is 2.38. The topological polar surface area (TPSA) is 0 Å². The van der Waals surface area contributed by atoms with Crippen LogP contribution in [0.2, 0.25) is 0 Å². The van der Waals surface area contributed by atoms with Gasteiger partial charge in [0, 0.05) is 11.5 Å². The average Bonchev–Trinajstić information content (AvgIpc) is 2.33. The Labute approximate surface area is 106 Å². The predicted octanol–water partition coefficient (Wildman–Crippen LogP) is 4.57. The molecule has 0 radical (unpaired) electrons. The van der Waals surface area contributed by atoms with Crippen molar-refractivity contribution >= 4 is 34.3 Å². The zero-order valence-corrected chi connectivity index (χ0v) is 11.3. The molecule has 0 N–H and O–H groups in total. The SMILES string of the molecule is CSCc1ccc(CSC)c2ccccc12. The molecule has 0 spiro atoms. The Morgan fingerprint density at radius 1 is 0.750 bits per heavy atom. The first-order valence-electron chi connectivity index (χ1n) is 5.34. The zero-order chi connectivity index (χ0) is 11.4. The van der Waals surface area contributed by atoms with E-state index in [9.17, 15) is 0 Å². The molecule has 2 aromatic rings. The maximum absolute atomic E-state index is 2.28. The van der Waals surface area contributed by atoms with Crippen LogP contribution in [0, 0.1) is 0 Å². The lowest BCUT2D eigenvalue weighted by molar-refractivity contribution is 1.40. The number of fused-ring (bicyclic) bond motifs is 1. The van der Waals surface area contributed by atoms with Crippen molar-refractivity contribution in [1.29, 1.82) is 0 Å². The summed E-state index contributed by atoms with van der Waals surface area (Å²) in [6.45, 7) is 0. The van der Waals surface area contributed by atoms with Crippen molar-refractivity contribution in [3.05, 3.63) is 47.5 Å². The summed E-state index contributed by atoms with van der Waals surface area (Å²) in [5.41, 5.74) is 2.90. The Morgan fingerprint density at radius 2 is 1.19 bits per heavy atom. The predicted molar refractivity (Wildman–Crippen MR) is 78.4 cm³/mol. The van der Waals surface area contributed by atoms with Crippen molar-refractivity contribution in [2.45, 2.75) is 11.5 Å². The largest absolute Gasteiger partial charge is 0.161 e. The van der Waals surface area contributed by atoms with Crippen molar-refractivity contribution in [3.63, 3.8) is 0 Å². The molecule has 0 aliphatic heterocycles. The quantitative estimate of drug-likeness (QED) is 0.777. The molecule has 16 heavy (non-hydrogen) atoms. The molecule has 0 fully saturated rings. The van der Waals surface area contributed by atoms with E-state index in [0.29, 0.717) is 0 Å². The summed E-state index contributed by atoms with van der Waals surface area (Å²) < 4.78 is 0. The van der Waals surface area contributed by atoms with Gasteiger partial charge in [-0.3, -0.25) is 0 Å². The van der Waals surface area contributed by atoms with Crippen molar-refractivity contribution in [2.75, 3.05) is 12.5 Å². The van der Waals surface area contributed by atoms with E-state index in [1.807, 2.05) is 23.5 Å². The standard InChI is InChI=1S/C14H16S2/c1-15-9-11-7-8-12(10-16-2)14-6-4-3-5-13(11)14/h3-8H,9-10H2,1-2H3. The van der Waals surface area contributed by atoms with Crippen molar-refractivity contribution in [1.82, 2.24) is 0 Å². The van der Waals surface area contributed by atoms with Crippen LogP contribution in [-0.2, 0) is 11.5 Å². The highest BCUT2D eigenvalue weighted by Gasteiger charge is 2.04. The van der Waals surface area contributed by atoms with Gasteiger partial charge >= 0.3 is 0 Å². The Kier molecular flexibility index (Phi) is 4.19. The van der Waals surface area contributed by atoms with E-state index < -0.39 is 0 Å². The van der Waals surface area contributed by atoms with E-state index in [1.54, 1.807) is 0 Å². The van der Waals surface area contributed by atoms with Crippen LogP contribution in [0.4, 0.5) is 0 Å². The maximum atomic E-state index is 2.28. The minimum absolute atomic E-state index is 1.10. The van der Waals surface area contributed by atoms with Crippen LogP contribution in [-0.4, -0.2) is 12.5 Å². The second-order valence-electron chi connectivity index (χ2n) is 3.80. The molecule has 0 atom stereocenters. The Bertz CT molecular complexity index is 433. The van der Waals surface area contributed by atoms with Crippen LogP contribution in [0.1, 0.15) is 11.1 Å². The second-order valence-corrected chi connectivity index (χ2v) is 5.53. The molecule has 84 valence electrons. The maximum Gasteiger partial charge on any atom is 0.0187 e. The monoisotopic (exact) mass is 248 g/mol. The third-order valence-corrected chi connectivity index (χ3v) is 3.90. The summed E-state index contributed by atoms with van der Waals surface area (Å²) in [6, 6.07) is 13.3. The molecule has 0 unspecified atom stereocenters. The lowest BCUT2D eigenvalue weighted by Gasteiger charge is -2.09. The molecule has 0 nitrogen and oxygen atoms in total. The fraction of sp³-hybridized carbons (Fsp3) is 0.286. The Balaban J connectivity index is 2.57. The van der Waals surface area contributed by atoms with Gasteiger partial charge in [0.15, 0.2) is 0 Å². The molecular weight excluding hydrogens is 232 g/mol. The lowest BCUT2D eigenvalue weighted by atomic mass is 10.0. The van der Waals surface area contributed by atoms with Crippen LogP contribution in [0.25, 0.3) is 10.8 Å². The molecule has 0 bridgehead atoms. The van der Waals surface area contributed by atoms with Gasteiger partial charge in [0.1, 0.15) is 0 Å². The first-order chi connectivity index (χ1) is 7.86. The van der Waals surface area contributed by atoms with Gasteiger partial charge in [0.25, 0.3) is 0 Å². The molecule has 0 saturated heterocycles. The summed E-state index contributed by atoms with van der Waals surface area (Å²) in [5.74, 6) is 2.19. The summed E-state index contributed by atoms with van der Waals surface area (Å²) in [7, 11) is 0. The van der Waals surface area contributed by atoms with Crippen molar-refractivity contribution < 1.29 is 0 Å². The molecule has 2 heteroatoms. The van der Waals surface area contributed by atoms with Gasteiger partial charge in [-0.2, -0.15) is 23.5 Å². The fourth-order valence-corrected chi connectivity index (χ4v) is 3.11. The van der Waals surface area contributed by atoms with Gasteiger partial charge < -0.3 is 0 Å². The van der Waals surface area contributed by atoms with E-state index in [1.165, 1.54) is 21.9 Å². The number of hydrogen-bond donors (Lipinski definition) is 0. The molecule has 0 heterocycles. The smallest absolute Gasteiger partial charge is 0.0187 e. The van der Waals surface area contributed by atoms with Crippen molar-refractivity contribution in [2.24, 2.45) is 0 Å². The highest BCUT2D eigenvalue weighted by molar-refractivity contribution is 7.98. The van der Waals surface area contributed by atoms with E-state index in [2.05, 4.69) is 48.9 Å².